The van der Waals surface area contributed by atoms with Crippen molar-refractivity contribution in [3.05, 3.63) is 95.7 Å². The SMILES string of the molecule is O=C(Nc1cccc(C#Cc2cnc3cccnn23)c1)N1N=CC[C@H]1c1cccc(F)c1.O=C(O)C(F)(F)F. The molecule has 1 aliphatic rings. The number of imidazole rings is 1. The number of nitrogens with zero attached hydrogens (tertiary/aromatic N) is 5. The Hall–Kier alpha value is -5.25. The first kappa shape index (κ1) is 26.8. The minimum absolute atomic E-state index is 0.345. The molecule has 0 saturated carbocycles. The fourth-order valence-corrected chi connectivity index (χ4v) is 3.51. The van der Waals surface area contributed by atoms with Gasteiger partial charge in [-0.1, -0.05) is 24.1 Å². The number of carboxylic acid groups (broad SMARTS) is 1. The third-order valence-electron chi connectivity index (χ3n) is 5.24. The molecule has 39 heavy (non-hydrogen) atoms. The van der Waals surface area contributed by atoms with Gasteiger partial charge in [-0.2, -0.15) is 23.4 Å². The van der Waals surface area contributed by atoms with Crippen molar-refractivity contribution < 1.29 is 32.3 Å². The summed E-state index contributed by atoms with van der Waals surface area (Å²) in [6.45, 7) is 0. The zero-order valence-corrected chi connectivity index (χ0v) is 19.8. The number of hydrazone groups is 1. The van der Waals surface area contributed by atoms with Crippen molar-refractivity contribution in [1.82, 2.24) is 19.6 Å². The van der Waals surface area contributed by atoms with Gasteiger partial charge >= 0.3 is 18.2 Å². The van der Waals surface area contributed by atoms with Gasteiger partial charge in [-0.15, -0.1) is 0 Å². The van der Waals surface area contributed by atoms with Crippen LogP contribution in [0.25, 0.3) is 5.65 Å². The lowest BCUT2D eigenvalue weighted by molar-refractivity contribution is -0.192. The van der Waals surface area contributed by atoms with E-state index in [1.54, 1.807) is 47.4 Å². The van der Waals surface area contributed by atoms with Gasteiger partial charge in [0.2, 0.25) is 0 Å². The van der Waals surface area contributed by atoms with E-state index in [2.05, 4.69) is 32.3 Å². The van der Waals surface area contributed by atoms with Crippen LogP contribution >= 0.6 is 0 Å². The Morgan fingerprint density at radius 3 is 2.56 bits per heavy atom. The number of aromatic nitrogens is 3. The molecule has 0 fully saturated rings. The molecule has 9 nitrogen and oxygen atoms in total. The second kappa shape index (κ2) is 11.4. The maximum Gasteiger partial charge on any atom is 0.490 e. The molecule has 5 rings (SSSR count). The van der Waals surface area contributed by atoms with E-state index in [1.165, 1.54) is 17.1 Å². The van der Waals surface area contributed by atoms with Gasteiger partial charge in [-0.05, 0) is 53.9 Å². The van der Waals surface area contributed by atoms with Crippen LogP contribution in [0.4, 0.5) is 28.0 Å². The fourth-order valence-electron chi connectivity index (χ4n) is 3.51. The van der Waals surface area contributed by atoms with E-state index in [-0.39, 0.29) is 11.9 Å². The standard InChI is InChI=1S/C24H17FN6O.C2HF3O2/c25-19-6-2-5-18(15-19)22-11-13-28-31(22)24(32)29-20-7-1-4-17(14-20)9-10-21-16-26-23-8-3-12-27-30(21)23;3-2(4,5)1(6)7/h1-8,12-16,22H,11H2,(H,29,32);(H,6,7)/t22-;/m0./s1. The Morgan fingerprint density at radius 2 is 1.82 bits per heavy atom. The molecule has 2 aromatic carbocycles. The number of benzene rings is 2. The number of carbonyl (C=O) groups is 2. The summed E-state index contributed by atoms with van der Waals surface area (Å²) in [6.07, 6.45) is 0.434. The van der Waals surface area contributed by atoms with Crippen LogP contribution in [0.1, 0.15) is 29.3 Å². The van der Waals surface area contributed by atoms with Crippen LogP contribution in [0.2, 0.25) is 0 Å². The number of anilines is 1. The molecule has 13 heteroatoms. The first-order chi connectivity index (χ1) is 18.6. The first-order valence-electron chi connectivity index (χ1n) is 11.2. The second-order valence-electron chi connectivity index (χ2n) is 7.95. The smallest absolute Gasteiger partial charge is 0.475 e. The zero-order valence-electron chi connectivity index (χ0n) is 19.8. The third kappa shape index (κ3) is 6.75. The summed E-state index contributed by atoms with van der Waals surface area (Å²) in [4.78, 5) is 26.0. The van der Waals surface area contributed by atoms with Gasteiger partial charge in [0.25, 0.3) is 0 Å². The Labute approximate surface area is 218 Å². The average Bonchev–Trinajstić information content (AvgIpc) is 3.55. The van der Waals surface area contributed by atoms with Crippen LogP contribution in [0, 0.1) is 17.7 Å². The molecule has 1 atom stereocenters. The van der Waals surface area contributed by atoms with Crippen molar-refractivity contribution in [2.24, 2.45) is 5.10 Å². The van der Waals surface area contributed by atoms with Gasteiger partial charge in [0.15, 0.2) is 5.65 Å². The lowest BCUT2D eigenvalue weighted by Crippen LogP contribution is -2.31. The quantitative estimate of drug-likeness (QED) is 0.280. The summed E-state index contributed by atoms with van der Waals surface area (Å²) in [5.74, 6) is 3.03. The summed E-state index contributed by atoms with van der Waals surface area (Å²) in [7, 11) is 0. The highest BCUT2D eigenvalue weighted by atomic mass is 19.4. The highest BCUT2D eigenvalue weighted by Crippen LogP contribution is 2.29. The summed E-state index contributed by atoms with van der Waals surface area (Å²) in [6, 6.07) is 16.3. The van der Waals surface area contributed by atoms with Crippen molar-refractivity contribution >= 4 is 29.5 Å². The van der Waals surface area contributed by atoms with Gasteiger partial charge in [0, 0.05) is 30.1 Å². The molecular weight excluding hydrogens is 520 g/mol. The monoisotopic (exact) mass is 538 g/mol. The molecule has 0 unspecified atom stereocenters. The highest BCUT2D eigenvalue weighted by Gasteiger charge is 2.38. The maximum atomic E-state index is 13.6. The highest BCUT2D eigenvalue weighted by molar-refractivity contribution is 5.91. The predicted molar refractivity (Wildman–Crippen MR) is 132 cm³/mol. The molecule has 1 aliphatic heterocycles. The molecule has 2 N–H and O–H groups in total. The van der Waals surface area contributed by atoms with Crippen LogP contribution < -0.4 is 5.32 Å². The predicted octanol–water partition coefficient (Wildman–Crippen LogP) is 4.87. The molecule has 198 valence electrons. The molecule has 2 amide bonds. The van der Waals surface area contributed by atoms with E-state index >= 15 is 0 Å². The lowest BCUT2D eigenvalue weighted by atomic mass is 10.0. The number of aliphatic carboxylic acids is 1. The van der Waals surface area contributed by atoms with Gasteiger partial charge in [0.1, 0.15) is 11.5 Å². The molecule has 0 aliphatic carbocycles. The summed E-state index contributed by atoms with van der Waals surface area (Å²) < 4.78 is 47.0. The topological polar surface area (TPSA) is 112 Å². The zero-order chi connectivity index (χ0) is 28.0. The number of hydrogen-bond donors (Lipinski definition) is 2. The van der Waals surface area contributed by atoms with Crippen molar-refractivity contribution in [1.29, 1.82) is 0 Å². The number of carboxylic acids is 1. The minimum atomic E-state index is -5.08. The number of nitrogens with one attached hydrogen (secondary N) is 1. The molecule has 0 saturated heterocycles. The number of alkyl halides is 3. The Kier molecular flexibility index (Phi) is 7.85. The van der Waals surface area contributed by atoms with E-state index in [9.17, 15) is 22.4 Å². The molecule has 2 aromatic heterocycles. The van der Waals surface area contributed by atoms with Gasteiger partial charge < -0.3 is 10.4 Å². The van der Waals surface area contributed by atoms with Crippen LogP contribution in [-0.2, 0) is 4.79 Å². The van der Waals surface area contributed by atoms with Crippen molar-refractivity contribution in [2.45, 2.75) is 18.6 Å². The molecule has 0 bridgehead atoms. The molecule has 0 radical (unpaired) electrons. The number of rotatable bonds is 2. The second-order valence-corrected chi connectivity index (χ2v) is 7.95. The van der Waals surface area contributed by atoms with Gasteiger partial charge in [-0.3, -0.25) is 0 Å². The summed E-state index contributed by atoms with van der Waals surface area (Å²) in [5.41, 5.74) is 3.38. The van der Waals surface area contributed by atoms with E-state index in [1.807, 2.05) is 24.3 Å². The Morgan fingerprint density at radius 1 is 1.05 bits per heavy atom. The molecular formula is C26H18F4N6O3. The van der Waals surface area contributed by atoms with Gasteiger partial charge in [0.05, 0.1) is 12.2 Å². The number of urea groups is 1. The fraction of sp³-hybridized carbons (Fsp3) is 0.115. The van der Waals surface area contributed by atoms with Crippen molar-refractivity contribution in [2.75, 3.05) is 5.32 Å². The lowest BCUT2D eigenvalue weighted by Gasteiger charge is -2.22. The van der Waals surface area contributed by atoms with Gasteiger partial charge in [-0.25, -0.2) is 28.5 Å². The summed E-state index contributed by atoms with van der Waals surface area (Å²) in [5, 5.41) is 19.7. The normalized spacial score (nSPS) is 14.3. The maximum absolute atomic E-state index is 13.6. The number of hydrogen-bond acceptors (Lipinski definition) is 5. The van der Waals surface area contributed by atoms with E-state index in [0.29, 0.717) is 23.4 Å². The molecule has 3 heterocycles. The van der Waals surface area contributed by atoms with Crippen molar-refractivity contribution in [3.8, 4) is 11.8 Å². The van der Waals surface area contributed by atoms with Crippen LogP contribution in [0.3, 0.4) is 0 Å². The first-order valence-corrected chi connectivity index (χ1v) is 11.2. The van der Waals surface area contributed by atoms with Crippen LogP contribution in [-0.4, -0.2) is 49.1 Å². The Balaban J connectivity index is 0.000000448. The minimum Gasteiger partial charge on any atom is -0.475 e. The molecule has 0 spiro atoms. The number of halogens is 4. The third-order valence-corrected chi connectivity index (χ3v) is 5.24. The Bertz CT molecular complexity index is 1610. The van der Waals surface area contributed by atoms with Crippen molar-refractivity contribution in [3.63, 3.8) is 0 Å². The van der Waals surface area contributed by atoms with Crippen LogP contribution in [0.15, 0.2) is 78.2 Å². The number of carbonyl (C=O) groups excluding carboxylic acids is 1. The van der Waals surface area contributed by atoms with E-state index < -0.39 is 18.2 Å². The number of fused-ring (bicyclic) bond motifs is 1. The largest absolute Gasteiger partial charge is 0.490 e. The number of amides is 2. The van der Waals surface area contributed by atoms with E-state index in [0.717, 1.165) is 11.2 Å². The van der Waals surface area contributed by atoms with Crippen LogP contribution in [0.5, 0.6) is 0 Å². The average molecular weight is 538 g/mol. The summed E-state index contributed by atoms with van der Waals surface area (Å²) >= 11 is 0. The van der Waals surface area contributed by atoms with E-state index in [4.69, 9.17) is 9.90 Å². The molecule has 4 aromatic rings.